The van der Waals surface area contributed by atoms with Crippen molar-refractivity contribution in [2.24, 2.45) is 0 Å². The summed E-state index contributed by atoms with van der Waals surface area (Å²) in [5, 5.41) is 2.94. The Morgan fingerprint density at radius 1 is 1.00 bits per heavy atom. The van der Waals surface area contributed by atoms with Crippen molar-refractivity contribution in [1.82, 2.24) is 5.32 Å². The monoisotopic (exact) mass is 385 g/mol. The lowest BCUT2D eigenvalue weighted by Gasteiger charge is -2.21. The molecule has 152 valence electrons. The zero-order valence-corrected chi connectivity index (χ0v) is 17.6. The first-order valence-corrected chi connectivity index (χ1v) is 9.65. The number of para-hydroxylation sites is 2. The highest BCUT2D eigenvalue weighted by Gasteiger charge is 2.19. The molecule has 2 aromatic carbocycles. The minimum atomic E-state index is -0.604. The molecule has 5 heteroatoms. The maximum absolute atomic E-state index is 12.5. The second kappa shape index (κ2) is 10.0. The van der Waals surface area contributed by atoms with Crippen LogP contribution in [0.15, 0.2) is 42.5 Å². The molecule has 0 aliphatic carbocycles. The molecule has 0 heterocycles. The van der Waals surface area contributed by atoms with Crippen LogP contribution in [-0.4, -0.2) is 31.8 Å². The molecule has 0 spiro atoms. The van der Waals surface area contributed by atoms with Crippen LogP contribution >= 0.6 is 0 Å². The number of nitrogens with one attached hydrogen (secondary N) is 1. The van der Waals surface area contributed by atoms with Crippen molar-refractivity contribution >= 4 is 5.91 Å². The zero-order valence-electron chi connectivity index (χ0n) is 17.6. The second-order valence-electron chi connectivity index (χ2n) is 7.33. The van der Waals surface area contributed by atoms with E-state index in [9.17, 15) is 4.79 Å². The molecule has 0 aliphatic rings. The van der Waals surface area contributed by atoms with Gasteiger partial charge in [-0.25, -0.2) is 0 Å². The molecule has 0 unspecified atom stereocenters. The van der Waals surface area contributed by atoms with E-state index in [2.05, 4.69) is 31.3 Å². The molecule has 2 atom stereocenters. The summed E-state index contributed by atoms with van der Waals surface area (Å²) in [5.74, 6) is 2.22. The summed E-state index contributed by atoms with van der Waals surface area (Å²) in [6, 6.07) is 13.4. The number of aryl methyl sites for hydroxylation is 1. The van der Waals surface area contributed by atoms with Crippen LogP contribution in [-0.2, 0) is 4.79 Å². The van der Waals surface area contributed by atoms with E-state index in [4.69, 9.17) is 14.2 Å². The third kappa shape index (κ3) is 5.91. The van der Waals surface area contributed by atoms with Gasteiger partial charge in [-0.2, -0.15) is 0 Å². The maximum Gasteiger partial charge on any atom is 0.261 e. The largest absolute Gasteiger partial charge is 0.493 e. The minimum absolute atomic E-state index is 0.174. The molecule has 0 radical (unpaired) electrons. The predicted molar refractivity (Wildman–Crippen MR) is 111 cm³/mol. The number of carbonyl (C=O) groups is 1. The Kier molecular flexibility index (Phi) is 7.73. The van der Waals surface area contributed by atoms with E-state index < -0.39 is 6.10 Å². The molecule has 28 heavy (non-hydrogen) atoms. The first-order valence-electron chi connectivity index (χ1n) is 9.65. The smallest absolute Gasteiger partial charge is 0.261 e. The summed E-state index contributed by atoms with van der Waals surface area (Å²) in [6.45, 7) is 10.2. The van der Waals surface area contributed by atoms with Crippen LogP contribution in [0.3, 0.4) is 0 Å². The normalized spacial score (nSPS) is 13.0. The Bertz CT molecular complexity index is 788. The number of rotatable bonds is 9. The van der Waals surface area contributed by atoms with Gasteiger partial charge >= 0.3 is 0 Å². The van der Waals surface area contributed by atoms with Gasteiger partial charge < -0.3 is 19.5 Å². The van der Waals surface area contributed by atoms with E-state index in [-0.39, 0.29) is 11.9 Å². The molecule has 0 saturated carbocycles. The van der Waals surface area contributed by atoms with Crippen molar-refractivity contribution in [3.05, 3.63) is 53.6 Å². The lowest BCUT2D eigenvalue weighted by Crippen LogP contribution is -2.43. The van der Waals surface area contributed by atoms with Crippen LogP contribution in [0.2, 0.25) is 0 Å². The van der Waals surface area contributed by atoms with Gasteiger partial charge in [0.25, 0.3) is 5.91 Å². The van der Waals surface area contributed by atoms with Gasteiger partial charge in [0.05, 0.1) is 13.2 Å². The SMILES string of the molecule is COc1ccccc1OC[C@H](C)NC(=O)[C@@H](C)Oc1cc(C)ccc1C(C)C. The third-order valence-electron chi connectivity index (χ3n) is 4.41. The Morgan fingerprint density at radius 2 is 1.68 bits per heavy atom. The van der Waals surface area contributed by atoms with Crippen LogP contribution in [0.4, 0.5) is 0 Å². The summed E-state index contributed by atoms with van der Waals surface area (Å²) in [6.07, 6.45) is -0.604. The number of amides is 1. The van der Waals surface area contributed by atoms with Crippen molar-refractivity contribution in [1.29, 1.82) is 0 Å². The van der Waals surface area contributed by atoms with E-state index in [1.165, 1.54) is 0 Å². The standard InChI is InChI=1S/C23H31NO4/c1-15(2)19-12-11-16(3)13-22(19)28-18(5)23(25)24-17(4)14-27-21-10-8-7-9-20(21)26-6/h7-13,15,17-18H,14H2,1-6H3,(H,24,25)/t17-,18+/m0/s1. The minimum Gasteiger partial charge on any atom is -0.493 e. The van der Waals surface area contributed by atoms with Gasteiger partial charge in [-0.15, -0.1) is 0 Å². The van der Waals surface area contributed by atoms with Gasteiger partial charge in [0, 0.05) is 0 Å². The van der Waals surface area contributed by atoms with Crippen molar-refractivity contribution in [3.8, 4) is 17.2 Å². The van der Waals surface area contributed by atoms with Gasteiger partial charge in [0.15, 0.2) is 17.6 Å². The van der Waals surface area contributed by atoms with Crippen LogP contribution in [0, 0.1) is 6.92 Å². The van der Waals surface area contributed by atoms with Crippen molar-refractivity contribution in [3.63, 3.8) is 0 Å². The molecular weight excluding hydrogens is 354 g/mol. The molecule has 0 bridgehead atoms. The highest BCUT2D eigenvalue weighted by molar-refractivity contribution is 5.81. The first kappa shape index (κ1) is 21.6. The Labute approximate surface area is 168 Å². The van der Waals surface area contributed by atoms with Gasteiger partial charge in [0.1, 0.15) is 12.4 Å². The summed E-state index contributed by atoms with van der Waals surface area (Å²) in [7, 11) is 1.60. The van der Waals surface area contributed by atoms with Crippen LogP contribution < -0.4 is 19.5 Å². The fourth-order valence-electron chi connectivity index (χ4n) is 2.82. The molecular formula is C23H31NO4. The van der Waals surface area contributed by atoms with Crippen molar-refractivity contribution < 1.29 is 19.0 Å². The summed E-state index contributed by atoms with van der Waals surface area (Å²) >= 11 is 0. The number of methoxy groups -OCH3 is 1. The highest BCUT2D eigenvalue weighted by atomic mass is 16.5. The zero-order chi connectivity index (χ0) is 20.7. The van der Waals surface area contributed by atoms with Gasteiger partial charge in [0.2, 0.25) is 0 Å². The van der Waals surface area contributed by atoms with Gasteiger partial charge in [-0.3, -0.25) is 4.79 Å². The van der Waals surface area contributed by atoms with E-state index >= 15 is 0 Å². The number of hydrogen-bond acceptors (Lipinski definition) is 4. The molecule has 1 N–H and O–H groups in total. The topological polar surface area (TPSA) is 56.8 Å². The lowest BCUT2D eigenvalue weighted by atomic mass is 10.0. The highest BCUT2D eigenvalue weighted by Crippen LogP contribution is 2.28. The molecule has 0 aromatic heterocycles. The molecule has 0 aliphatic heterocycles. The number of benzene rings is 2. The Morgan fingerprint density at radius 3 is 2.32 bits per heavy atom. The number of carbonyl (C=O) groups excluding carboxylic acids is 1. The second-order valence-corrected chi connectivity index (χ2v) is 7.33. The van der Waals surface area contributed by atoms with Crippen molar-refractivity contribution in [2.75, 3.05) is 13.7 Å². The van der Waals surface area contributed by atoms with Crippen LogP contribution in [0.25, 0.3) is 0 Å². The fourth-order valence-corrected chi connectivity index (χ4v) is 2.82. The Hall–Kier alpha value is -2.69. The van der Waals surface area contributed by atoms with Gasteiger partial charge in [-0.05, 0) is 56.0 Å². The average molecular weight is 386 g/mol. The molecule has 1 amide bonds. The maximum atomic E-state index is 12.5. The fraction of sp³-hybridized carbons (Fsp3) is 0.435. The van der Waals surface area contributed by atoms with Crippen molar-refractivity contribution in [2.45, 2.75) is 52.7 Å². The van der Waals surface area contributed by atoms with E-state index in [1.807, 2.05) is 44.2 Å². The lowest BCUT2D eigenvalue weighted by molar-refractivity contribution is -0.128. The quantitative estimate of drug-likeness (QED) is 0.692. The molecule has 2 rings (SSSR count). The third-order valence-corrected chi connectivity index (χ3v) is 4.41. The molecule has 2 aromatic rings. The summed E-state index contributed by atoms with van der Waals surface area (Å²) in [5.41, 5.74) is 2.20. The Balaban J connectivity index is 1.92. The van der Waals surface area contributed by atoms with Crippen LogP contribution in [0.1, 0.15) is 44.7 Å². The number of ether oxygens (including phenoxy) is 3. The predicted octanol–water partition coefficient (Wildman–Crippen LogP) is 4.48. The first-order chi connectivity index (χ1) is 13.3. The molecule has 0 fully saturated rings. The van der Waals surface area contributed by atoms with Gasteiger partial charge in [-0.1, -0.05) is 38.1 Å². The summed E-state index contributed by atoms with van der Waals surface area (Å²) < 4.78 is 17.0. The van der Waals surface area contributed by atoms with E-state index in [0.717, 1.165) is 16.9 Å². The molecule has 0 saturated heterocycles. The number of hydrogen-bond donors (Lipinski definition) is 1. The van der Waals surface area contributed by atoms with Crippen LogP contribution in [0.5, 0.6) is 17.2 Å². The van der Waals surface area contributed by atoms with E-state index in [0.29, 0.717) is 24.0 Å². The van der Waals surface area contributed by atoms with E-state index in [1.54, 1.807) is 14.0 Å². The molecule has 5 nitrogen and oxygen atoms in total. The summed E-state index contributed by atoms with van der Waals surface area (Å²) in [4.78, 5) is 12.5. The average Bonchev–Trinajstić information content (AvgIpc) is 2.66.